The van der Waals surface area contributed by atoms with Gasteiger partial charge in [-0.15, -0.1) is 0 Å². The van der Waals surface area contributed by atoms with E-state index in [-0.39, 0.29) is 15.6 Å². The molecule has 3 rings (SSSR count). The Morgan fingerprint density at radius 3 is 2.06 bits per heavy atom. The highest BCUT2D eigenvalue weighted by Gasteiger charge is 2.30. The van der Waals surface area contributed by atoms with Crippen molar-refractivity contribution in [3.05, 3.63) is 77.3 Å². The number of nitrogens with zero attached hydrogens (tertiary/aromatic N) is 1. The largest absolute Gasteiger partial charge is 0.495 e. The van der Waals surface area contributed by atoms with Crippen molar-refractivity contribution in [3.8, 4) is 5.75 Å². The summed E-state index contributed by atoms with van der Waals surface area (Å²) in [6.07, 6.45) is 0.982. The molecule has 0 aliphatic carbocycles. The van der Waals surface area contributed by atoms with Gasteiger partial charge in [-0.25, -0.2) is 16.8 Å². The number of methoxy groups -OCH3 is 1. The number of rotatable bonds is 9. The van der Waals surface area contributed by atoms with Gasteiger partial charge in [-0.05, 0) is 68.4 Å². The van der Waals surface area contributed by atoms with Gasteiger partial charge in [0, 0.05) is 11.4 Å². The van der Waals surface area contributed by atoms with Crippen LogP contribution in [0.4, 0.5) is 17.1 Å². The second kappa shape index (κ2) is 10.8. The summed E-state index contributed by atoms with van der Waals surface area (Å²) in [6.45, 7) is 3.33. The number of amides is 1. The molecule has 0 heterocycles. The fourth-order valence-corrected chi connectivity index (χ4v) is 5.88. The Morgan fingerprint density at radius 2 is 1.53 bits per heavy atom. The number of benzene rings is 3. The summed E-state index contributed by atoms with van der Waals surface area (Å²) in [6, 6.07) is 15.7. The summed E-state index contributed by atoms with van der Waals surface area (Å²) in [7, 11) is -6.27. The summed E-state index contributed by atoms with van der Waals surface area (Å²) in [5, 5.41) is 2.81. The molecule has 3 aromatic rings. The van der Waals surface area contributed by atoms with Crippen LogP contribution in [-0.2, 0) is 24.8 Å². The number of hydrogen-bond acceptors (Lipinski definition) is 6. The maximum absolute atomic E-state index is 12.9. The molecule has 1 amide bonds. The van der Waals surface area contributed by atoms with Crippen molar-refractivity contribution in [3.63, 3.8) is 0 Å². The highest BCUT2D eigenvalue weighted by atomic mass is 35.5. The molecule has 1 atom stereocenters. The third-order valence-electron chi connectivity index (χ3n) is 5.21. The minimum absolute atomic E-state index is 0.000223. The number of sulfonamides is 2. The predicted octanol–water partition coefficient (Wildman–Crippen LogP) is 4.25. The minimum atomic E-state index is -3.86. The summed E-state index contributed by atoms with van der Waals surface area (Å²) >= 11 is 6.15. The van der Waals surface area contributed by atoms with E-state index in [2.05, 4.69) is 10.0 Å². The summed E-state index contributed by atoms with van der Waals surface area (Å²) in [5.74, 6) is -0.265. The Labute approximate surface area is 216 Å². The fraction of sp³-hybridized carbons (Fsp3) is 0.208. The van der Waals surface area contributed by atoms with Gasteiger partial charge in [-0.2, -0.15) is 0 Å². The number of aryl methyl sites for hydroxylation is 1. The van der Waals surface area contributed by atoms with Gasteiger partial charge in [0.25, 0.3) is 10.0 Å². The Morgan fingerprint density at radius 1 is 0.944 bits per heavy atom. The average Bonchev–Trinajstić information content (AvgIpc) is 2.80. The van der Waals surface area contributed by atoms with Gasteiger partial charge in [0.1, 0.15) is 11.8 Å². The lowest BCUT2D eigenvalue weighted by Gasteiger charge is -2.28. The van der Waals surface area contributed by atoms with Crippen LogP contribution in [0.5, 0.6) is 5.75 Å². The van der Waals surface area contributed by atoms with Crippen molar-refractivity contribution >= 4 is 54.6 Å². The monoisotopic (exact) mass is 551 g/mol. The number of nitrogens with one attached hydrogen (secondary N) is 2. The van der Waals surface area contributed by atoms with Crippen LogP contribution in [0.1, 0.15) is 12.5 Å². The molecule has 0 bridgehead atoms. The Kier molecular flexibility index (Phi) is 8.17. The summed E-state index contributed by atoms with van der Waals surface area (Å²) in [4.78, 5) is 12.9. The van der Waals surface area contributed by atoms with E-state index in [1.54, 1.807) is 24.3 Å². The number of halogens is 1. The molecule has 192 valence electrons. The number of carbonyl (C=O) groups excluding carboxylic acids is 1. The Balaban J connectivity index is 1.77. The van der Waals surface area contributed by atoms with E-state index in [4.69, 9.17) is 16.3 Å². The van der Waals surface area contributed by atoms with Crippen LogP contribution < -0.4 is 19.1 Å². The molecule has 0 aromatic heterocycles. The topological polar surface area (TPSA) is 122 Å². The smallest absolute Gasteiger partial charge is 0.261 e. The van der Waals surface area contributed by atoms with E-state index in [1.807, 2.05) is 6.92 Å². The van der Waals surface area contributed by atoms with Crippen LogP contribution in [0, 0.1) is 6.92 Å². The van der Waals surface area contributed by atoms with Crippen molar-refractivity contribution in [2.75, 3.05) is 27.7 Å². The first kappa shape index (κ1) is 27.3. The molecule has 0 saturated heterocycles. The highest BCUT2D eigenvalue weighted by molar-refractivity contribution is 7.92. The number of ether oxygens (including phenoxy) is 1. The van der Waals surface area contributed by atoms with Crippen LogP contribution >= 0.6 is 11.6 Å². The second-order valence-corrected chi connectivity index (χ2v) is 12.0. The molecule has 0 saturated carbocycles. The Hall–Kier alpha value is -3.28. The zero-order chi connectivity index (χ0) is 26.7. The van der Waals surface area contributed by atoms with Crippen LogP contribution in [0.15, 0.2) is 71.6 Å². The van der Waals surface area contributed by atoms with Crippen molar-refractivity contribution in [1.82, 2.24) is 0 Å². The maximum atomic E-state index is 12.9. The van der Waals surface area contributed by atoms with E-state index >= 15 is 0 Å². The number of carbonyl (C=O) groups is 1. The molecule has 0 unspecified atom stereocenters. The molecule has 0 aliphatic heterocycles. The lowest BCUT2D eigenvalue weighted by atomic mass is 10.2. The molecule has 0 fully saturated rings. The molecule has 36 heavy (non-hydrogen) atoms. The highest BCUT2D eigenvalue weighted by Crippen LogP contribution is 2.31. The molecular weight excluding hydrogens is 526 g/mol. The molecule has 0 spiro atoms. The first-order valence-electron chi connectivity index (χ1n) is 10.6. The molecule has 2 N–H and O–H groups in total. The van der Waals surface area contributed by atoms with E-state index in [0.29, 0.717) is 17.1 Å². The van der Waals surface area contributed by atoms with Crippen molar-refractivity contribution in [1.29, 1.82) is 0 Å². The van der Waals surface area contributed by atoms with Crippen LogP contribution in [-0.4, -0.2) is 42.2 Å². The standard InChI is InChI=1S/C24H26ClN3O6S2/c1-16-5-7-19(8-6-16)27-36(32,33)21-12-9-18(10-13-21)26-24(29)17(2)28(35(4,30)31)20-11-14-23(34-3)22(25)15-20/h5-15,17,27H,1-4H3,(H,26,29)/t17-/m0/s1. The lowest BCUT2D eigenvalue weighted by Crippen LogP contribution is -2.45. The fourth-order valence-electron chi connectivity index (χ4n) is 3.40. The molecular formula is C24H26ClN3O6S2. The van der Waals surface area contributed by atoms with Gasteiger partial charge < -0.3 is 10.1 Å². The van der Waals surface area contributed by atoms with Crippen LogP contribution in [0.25, 0.3) is 0 Å². The first-order valence-corrected chi connectivity index (χ1v) is 14.4. The third kappa shape index (κ3) is 6.48. The zero-order valence-electron chi connectivity index (χ0n) is 20.0. The third-order valence-corrected chi connectivity index (χ3v) is 8.15. The molecule has 9 nitrogen and oxygen atoms in total. The van der Waals surface area contributed by atoms with Gasteiger partial charge in [-0.3, -0.25) is 13.8 Å². The normalized spacial score (nSPS) is 12.5. The van der Waals surface area contributed by atoms with Crippen LogP contribution in [0.3, 0.4) is 0 Å². The molecule has 0 radical (unpaired) electrons. The van der Waals surface area contributed by atoms with E-state index in [1.165, 1.54) is 56.5 Å². The van der Waals surface area contributed by atoms with Crippen molar-refractivity contribution < 1.29 is 26.4 Å². The van der Waals surface area contributed by atoms with Crippen molar-refractivity contribution in [2.24, 2.45) is 0 Å². The maximum Gasteiger partial charge on any atom is 0.261 e. The van der Waals surface area contributed by atoms with E-state index < -0.39 is 32.0 Å². The van der Waals surface area contributed by atoms with E-state index in [0.717, 1.165) is 16.1 Å². The lowest BCUT2D eigenvalue weighted by molar-refractivity contribution is -0.116. The zero-order valence-corrected chi connectivity index (χ0v) is 22.4. The molecule has 0 aliphatic rings. The quantitative estimate of drug-likeness (QED) is 0.410. The minimum Gasteiger partial charge on any atom is -0.495 e. The van der Waals surface area contributed by atoms with Gasteiger partial charge in [0.2, 0.25) is 15.9 Å². The predicted molar refractivity (Wildman–Crippen MR) is 142 cm³/mol. The second-order valence-electron chi connectivity index (χ2n) is 8.04. The SMILES string of the molecule is COc1ccc(N([C@@H](C)C(=O)Nc2ccc(S(=O)(=O)Nc3ccc(C)cc3)cc2)S(C)(=O)=O)cc1Cl. The van der Waals surface area contributed by atoms with Gasteiger partial charge in [-0.1, -0.05) is 29.3 Å². The Bertz CT molecular complexity index is 1460. The summed E-state index contributed by atoms with van der Waals surface area (Å²) < 4.78 is 58.9. The number of hydrogen-bond donors (Lipinski definition) is 2. The van der Waals surface area contributed by atoms with Gasteiger partial charge in [0.15, 0.2) is 0 Å². The van der Waals surface area contributed by atoms with Gasteiger partial charge >= 0.3 is 0 Å². The molecule has 3 aromatic carbocycles. The molecule has 12 heteroatoms. The van der Waals surface area contributed by atoms with Crippen LogP contribution in [0.2, 0.25) is 5.02 Å². The van der Waals surface area contributed by atoms with E-state index in [9.17, 15) is 21.6 Å². The van der Waals surface area contributed by atoms with Crippen molar-refractivity contribution in [2.45, 2.75) is 24.8 Å². The first-order chi connectivity index (χ1) is 16.8. The average molecular weight is 552 g/mol. The summed E-state index contributed by atoms with van der Waals surface area (Å²) in [5.41, 5.74) is 1.90. The van der Waals surface area contributed by atoms with Gasteiger partial charge in [0.05, 0.1) is 29.0 Å². The number of anilines is 3.